The number of rotatable bonds is 4. The third-order valence-electron chi connectivity index (χ3n) is 7.14. The average molecular weight is 587 g/mol. The second-order valence-corrected chi connectivity index (χ2v) is 15.4. The molecule has 4 aromatic rings. The van der Waals surface area contributed by atoms with Crippen LogP contribution in [0.15, 0.2) is 113 Å². The summed E-state index contributed by atoms with van der Waals surface area (Å²) in [5.41, 5.74) is 11.3. The van der Waals surface area contributed by atoms with E-state index in [4.69, 9.17) is 0 Å². The zero-order valence-corrected chi connectivity index (χ0v) is 24.5. The molecule has 0 heterocycles. The fraction of sp³-hybridized carbons (Fsp3) is 0.121. The van der Waals surface area contributed by atoms with Crippen molar-refractivity contribution in [2.24, 2.45) is 0 Å². The van der Waals surface area contributed by atoms with Crippen LogP contribution in [0.3, 0.4) is 0 Å². The van der Waals surface area contributed by atoms with Crippen molar-refractivity contribution in [2.75, 3.05) is 0 Å². The smallest absolute Gasteiger partial charge is 1.00 e. The molecule has 2 aliphatic rings. The van der Waals surface area contributed by atoms with Gasteiger partial charge in [-0.3, -0.25) is 0 Å². The molecule has 0 unspecified atom stereocenters. The standard InChI is InChI=1S/C15H14.C13H9.C5H5.2ClH.Zr/c1-12-3-7-14(8-4-12)11-15-9-5-13(2)6-10-15;1-3-7-12-10(5-1)9-11-6-2-4-8-13(11)12;1-2-4-5-3-1;;;/h3-10H,1-2H3;1-5,7-8H,9H2;1-3H,4H2;2*1H;/q;;;;;+2/p-2. The number of hydrogen-bond donors (Lipinski definition) is 0. The molecule has 0 aromatic heterocycles. The number of aryl methyl sites for hydroxylation is 2. The zero-order valence-electron chi connectivity index (χ0n) is 20.6. The van der Waals surface area contributed by atoms with E-state index >= 15 is 0 Å². The van der Waals surface area contributed by atoms with Gasteiger partial charge >= 0.3 is 211 Å². The number of hydrogen-bond acceptors (Lipinski definition) is 0. The normalized spacial score (nSPS) is 12.4. The minimum atomic E-state index is -2.50. The molecule has 178 valence electrons. The Hall–Kier alpha value is -2.31. The summed E-state index contributed by atoms with van der Waals surface area (Å²) in [4.78, 5) is 0. The van der Waals surface area contributed by atoms with Crippen molar-refractivity contribution in [1.29, 1.82) is 0 Å². The summed E-state index contributed by atoms with van der Waals surface area (Å²) in [5, 5.41) is 0. The molecule has 2 aliphatic carbocycles. The van der Waals surface area contributed by atoms with Crippen LogP contribution in [0, 0.1) is 13.8 Å². The summed E-state index contributed by atoms with van der Waals surface area (Å²) in [5.74, 6) is 0. The first-order valence-corrected chi connectivity index (χ1v) is 15.8. The van der Waals surface area contributed by atoms with Crippen molar-refractivity contribution < 1.29 is 46.1 Å². The SMILES string of the molecule is Cc1ccc([C](c2ccc(C)cc2)=[Zr+2]([C]2=CC=CC2)[c]2cccc3c2Cc2ccccc2-3)cc1.[Cl-].[Cl-]. The molecule has 0 radical (unpaired) electrons. The second kappa shape index (κ2) is 11.4. The molecule has 0 amide bonds. The monoisotopic (exact) mass is 584 g/mol. The molecule has 0 N–H and O–H groups in total. The molecule has 0 saturated heterocycles. The Bertz CT molecular complexity index is 1440. The fourth-order valence-electron chi connectivity index (χ4n) is 5.39. The van der Waals surface area contributed by atoms with Gasteiger partial charge in [-0.05, 0) is 0 Å². The molecule has 0 saturated carbocycles. The quantitative estimate of drug-likeness (QED) is 0.298. The van der Waals surface area contributed by atoms with Gasteiger partial charge in [0.15, 0.2) is 0 Å². The molecule has 36 heavy (non-hydrogen) atoms. The minimum Gasteiger partial charge on any atom is -1.00 e. The van der Waals surface area contributed by atoms with E-state index in [1.165, 1.54) is 38.9 Å². The third-order valence-corrected chi connectivity index (χ3v) is 14.8. The van der Waals surface area contributed by atoms with Crippen LogP contribution in [0.5, 0.6) is 0 Å². The van der Waals surface area contributed by atoms with E-state index in [0.717, 1.165) is 12.8 Å². The molecule has 3 heteroatoms. The number of halogens is 2. The van der Waals surface area contributed by atoms with E-state index in [1.807, 2.05) is 0 Å². The Morgan fingerprint density at radius 1 is 0.667 bits per heavy atom. The topological polar surface area (TPSA) is 0 Å². The van der Waals surface area contributed by atoms with Crippen molar-refractivity contribution in [3.05, 3.63) is 146 Å². The predicted molar refractivity (Wildman–Crippen MR) is 142 cm³/mol. The summed E-state index contributed by atoms with van der Waals surface area (Å²) in [6, 6.07) is 34.6. The maximum absolute atomic E-state index is 2.50. The van der Waals surface area contributed by atoms with E-state index in [1.54, 1.807) is 15.3 Å². The Balaban J connectivity index is 0.00000152. The zero-order chi connectivity index (χ0) is 23.1. The van der Waals surface area contributed by atoms with Crippen molar-refractivity contribution >= 4 is 6.48 Å². The van der Waals surface area contributed by atoms with Crippen LogP contribution in [-0.4, -0.2) is 3.21 Å². The van der Waals surface area contributed by atoms with Crippen LogP contribution in [0.25, 0.3) is 11.1 Å². The van der Waals surface area contributed by atoms with Crippen molar-refractivity contribution in [2.45, 2.75) is 26.7 Å². The maximum atomic E-state index is 2.46. The first-order chi connectivity index (χ1) is 16.7. The molecule has 0 aliphatic heterocycles. The molecular weight excluding hydrogens is 558 g/mol. The van der Waals surface area contributed by atoms with Gasteiger partial charge in [-0.25, -0.2) is 0 Å². The largest absolute Gasteiger partial charge is 1.00 e. The Morgan fingerprint density at radius 2 is 1.28 bits per heavy atom. The van der Waals surface area contributed by atoms with E-state index in [9.17, 15) is 0 Å². The molecule has 0 bridgehead atoms. The number of fused-ring (bicyclic) bond motifs is 3. The fourth-order valence-corrected chi connectivity index (χ4v) is 13.3. The van der Waals surface area contributed by atoms with Gasteiger partial charge < -0.3 is 24.8 Å². The van der Waals surface area contributed by atoms with Gasteiger partial charge in [-0.2, -0.15) is 0 Å². The van der Waals surface area contributed by atoms with Gasteiger partial charge in [0.05, 0.1) is 0 Å². The summed E-state index contributed by atoms with van der Waals surface area (Å²) in [7, 11) is 0. The van der Waals surface area contributed by atoms with E-state index < -0.39 is 21.3 Å². The van der Waals surface area contributed by atoms with Gasteiger partial charge in [0, 0.05) is 0 Å². The van der Waals surface area contributed by atoms with E-state index in [-0.39, 0.29) is 24.8 Å². The van der Waals surface area contributed by atoms with Crippen LogP contribution in [0.1, 0.15) is 39.8 Å². The molecular formula is C33H28Cl2Zr. The van der Waals surface area contributed by atoms with Gasteiger partial charge in [-0.15, -0.1) is 0 Å². The Kier molecular flexibility index (Phi) is 8.46. The van der Waals surface area contributed by atoms with Crippen LogP contribution in [-0.2, 0) is 27.7 Å². The predicted octanol–water partition coefficient (Wildman–Crippen LogP) is 1.24. The van der Waals surface area contributed by atoms with E-state index in [2.05, 4.69) is 123 Å². The van der Waals surface area contributed by atoms with Crippen LogP contribution in [0.4, 0.5) is 0 Å². The van der Waals surface area contributed by atoms with Gasteiger partial charge in [0.1, 0.15) is 0 Å². The molecule has 0 fully saturated rings. The minimum absolute atomic E-state index is 0. The first kappa shape index (κ1) is 26.7. The number of benzene rings is 4. The van der Waals surface area contributed by atoms with Crippen molar-refractivity contribution in [3.63, 3.8) is 0 Å². The summed E-state index contributed by atoms with van der Waals surface area (Å²) < 4.78 is 4.91. The van der Waals surface area contributed by atoms with Crippen LogP contribution >= 0.6 is 0 Å². The van der Waals surface area contributed by atoms with Crippen LogP contribution < -0.4 is 28.1 Å². The average Bonchev–Trinajstić information content (AvgIpc) is 3.52. The molecule has 6 rings (SSSR count). The molecule has 0 nitrogen and oxygen atoms in total. The van der Waals surface area contributed by atoms with Crippen molar-refractivity contribution in [1.82, 2.24) is 0 Å². The summed E-state index contributed by atoms with van der Waals surface area (Å²) >= 11 is -2.50. The summed E-state index contributed by atoms with van der Waals surface area (Å²) in [6.07, 6.45) is 9.19. The van der Waals surface area contributed by atoms with Gasteiger partial charge in [-0.1, -0.05) is 0 Å². The third kappa shape index (κ3) is 4.95. The van der Waals surface area contributed by atoms with Crippen molar-refractivity contribution in [3.8, 4) is 11.1 Å². The van der Waals surface area contributed by atoms with Gasteiger partial charge in [0.25, 0.3) is 0 Å². The number of allylic oxidation sites excluding steroid dienone is 4. The molecule has 0 atom stereocenters. The second-order valence-electron chi connectivity index (χ2n) is 9.47. The van der Waals surface area contributed by atoms with Gasteiger partial charge in [0.2, 0.25) is 0 Å². The molecule has 4 aromatic carbocycles. The Labute approximate surface area is 234 Å². The van der Waals surface area contributed by atoms with Crippen LogP contribution in [0.2, 0.25) is 0 Å². The Morgan fingerprint density at radius 3 is 1.89 bits per heavy atom. The van der Waals surface area contributed by atoms with E-state index in [0.29, 0.717) is 0 Å². The molecule has 0 spiro atoms. The first-order valence-electron chi connectivity index (χ1n) is 12.1. The summed E-state index contributed by atoms with van der Waals surface area (Å²) in [6.45, 7) is 4.36. The maximum Gasteiger partial charge on any atom is -1.00 e.